The Balaban J connectivity index is 2.74. The number of amides is 2. The third-order valence-electron chi connectivity index (χ3n) is 3.58. The van der Waals surface area contributed by atoms with E-state index in [2.05, 4.69) is 5.32 Å². The van der Waals surface area contributed by atoms with Gasteiger partial charge < -0.3 is 15.0 Å². The number of carbonyl (C=O) groups excluding carboxylic acids is 2. The maximum absolute atomic E-state index is 12.7. The Hall–Kier alpha value is -1.88. The Labute approximate surface area is 132 Å². The van der Waals surface area contributed by atoms with Gasteiger partial charge in [0.15, 0.2) is 0 Å². The molecule has 1 rings (SSSR count). The fourth-order valence-corrected chi connectivity index (χ4v) is 2.11. The molecule has 1 aromatic carbocycles. The molecular formula is C17H26N2O3. The highest BCUT2D eigenvalue weighted by Gasteiger charge is 2.38. The van der Waals surface area contributed by atoms with Crippen LogP contribution in [0, 0.1) is 5.41 Å². The molecule has 0 aliphatic heterocycles. The minimum atomic E-state index is -1.10. The van der Waals surface area contributed by atoms with Crippen molar-refractivity contribution < 1.29 is 14.3 Å². The number of methoxy groups -OCH3 is 1. The van der Waals surface area contributed by atoms with E-state index in [-0.39, 0.29) is 11.8 Å². The van der Waals surface area contributed by atoms with Gasteiger partial charge in [-0.25, -0.2) is 0 Å². The van der Waals surface area contributed by atoms with Crippen LogP contribution in [-0.2, 0) is 20.9 Å². The van der Waals surface area contributed by atoms with Crippen LogP contribution in [0.1, 0.15) is 26.3 Å². The van der Waals surface area contributed by atoms with Gasteiger partial charge in [-0.2, -0.15) is 0 Å². The van der Waals surface area contributed by atoms with E-state index in [0.717, 1.165) is 5.56 Å². The fraction of sp³-hybridized carbons (Fsp3) is 0.529. The molecule has 0 bridgehead atoms. The van der Waals surface area contributed by atoms with Crippen molar-refractivity contribution in [3.05, 3.63) is 35.9 Å². The van der Waals surface area contributed by atoms with E-state index in [1.165, 1.54) is 0 Å². The van der Waals surface area contributed by atoms with Gasteiger partial charge in [0, 0.05) is 26.7 Å². The molecule has 0 fully saturated rings. The Morgan fingerprint density at radius 3 is 2.41 bits per heavy atom. The lowest BCUT2D eigenvalue weighted by Gasteiger charge is -2.30. The minimum Gasteiger partial charge on any atom is -0.383 e. The van der Waals surface area contributed by atoms with Crippen molar-refractivity contribution in [2.24, 2.45) is 5.41 Å². The number of hydrogen-bond acceptors (Lipinski definition) is 3. The van der Waals surface area contributed by atoms with Crippen LogP contribution in [0.25, 0.3) is 0 Å². The molecule has 22 heavy (non-hydrogen) atoms. The Morgan fingerprint density at radius 2 is 1.86 bits per heavy atom. The van der Waals surface area contributed by atoms with E-state index in [0.29, 0.717) is 26.2 Å². The molecule has 0 aliphatic rings. The first-order valence-electron chi connectivity index (χ1n) is 7.54. The predicted molar refractivity (Wildman–Crippen MR) is 86.2 cm³/mol. The van der Waals surface area contributed by atoms with Crippen LogP contribution >= 0.6 is 0 Å². The standard InChI is InChI=1S/C17H26N2O3/c1-5-19(13-14-9-7-6-8-10-14)16(21)17(2,3)15(20)18-11-12-22-4/h6-10H,5,11-13H2,1-4H3,(H,18,20). The second-order valence-electron chi connectivity index (χ2n) is 5.68. The number of benzene rings is 1. The van der Waals surface area contributed by atoms with Crippen LogP contribution in [0.2, 0.25) is 0 Å². The summed E-state index contributed by atoms with van der Waals surface area (Å²) in [4.78, 5) is 26.6. The van der Waals surface area contributed by atoms with Crippen molar-refractivity contribution in [1.82, 2.24) is 10.2 Å². The maximum atomic E-state index is 12.7. The van der Waals surface area contributed by atoms with E-state index in [1.54, 1.807) is 25.9 Å². The average Bonchev–Trinajstić information content (AvgIpc) is 2.53. The first-order valence-corrected chi connectivity index (χ1v) is 7.54. The number of rotatable bonds is 8. The summed E-state index contributed by atoms with van der Waals surface area (Å²) in [6.45, 7) is 7.12. The summed E-state index contributed by atoms with van der Waals surface area (Å²) in [7, 11) is 1.57. The molecule has 0 radical (unpaired) electrons. The topological polar surface area (TPSA) is 58.6 Å². The first-order chi connectivity index (χ1) is 10.4. The van der Waals surface area contributed by atoms with Crippen molar-refractivity contribution in [1.29, 1.82) is 0 Å². The van der Waals surface area contributed by atoms with Gasteiger partial charge in [-0.3, -0.25) is 9.59 Å². The SMILES string of the molecule is CCN(Cc1ccccc1)C(=O)C(C)(C)C(=O)NCCOC. The molecule has 0 heterocycles. The summed E-state index contributed by atoms with van der Waals surface area (Å²) in [6.07, 6.45) is 0. The second-order valence-corrected chi connectivity index (χ2v) is 5.68. The summed E-state index contributed by atoms with van der Waals surface area (Å²) in [5.41, 5.74) is -0.0493. The van der Waals surface area contributed by atoms with Gasteiger partial charge >= 0.3 is 0 Å². The first kappa shape index (κ1) is 18.2. The van der Waals surface area contributed by atoms with Crippen molar-refractivity contribution in [3.8, 4) is 0 Å². The molecule has 0 aromatic heterocycles. The molecular weight excluding hydrogens is 280 g/mol. The van der Waals surface area contributed by atoms with Crippen LogP contribution in [-0.4, -0.2) is 43.5 Å². The van der Waals surface area contributed by atoms with Crippen molar-refractivity contribution in [2.75, 3.05) is 26.8 Å². The minimum absolute atomic E-state index is 0.172. The lowest BCUT2D eigenvalue weighted by Crippen LogP contribution is -2.49. The van der Waals surface area contributed by atoms with Crippen LogP contribution < -0.4 is 5.32 Å². The third-order valence-corrected chi connectivity index (χ3v) is 3.58. The second kappa shape index (κ2) is 8.54. The van der Waals surface area contributed by atoms with E-state index >= 15 is 0 Å². The van der Waals surface area contributed by atoms with Crippen molar-refractivity contribution in [3.63, 3.8) is 0 Å². The number of nitrogens with one attached hydrogen (secondary N) is 1. The van der Waals surface area contributed by atoms with Gasteiger partial charge in [-0.05, 0) is 26.3 Å². The van der Waals surface area contributed by atoms with Crippen molar-refractivity contribution in [2.45, 2.75) is 27.3 Å². The van der Waals surface area contributed by atoms with Crippen LogP contribution in [0.5, 0.6) is 0 Å². The predicted octanol–water partition coefficient (Wildman–Crippen LogP) is 1.82. The van der Waals surface area contributed by atoms with Gasteiger partial charge in [-0.15, -0.1) is 0 Å². The Bertz CT molecular complexity index is 486. The van der Waals surface area contributed by atoms with Gasteiger partial charge in [0.25, 0.3) is 0 Å². The van der Waals surface area contributed by atoms with Crippen LogP contribution in [0.3, 0.4) is 0 Å². The molecule has 0 atom stereocenters. The largest absolute Gasteiger partial charge is 0.383 e. The molecule has 0 saturated heterocycles. The van der Waals surface area contributed by atoms with Gasteiger partial charge in [-0.1, -0.05) is 30.3 Å². The van der Waals surface area contributed by atoms with Gasteiger partial charge in [0.1, 0.15) is 5.41 Å². The summed E-state index contributed by atoms with van der Waals surface area (Å²) >= 11 is 0. The highest BCUT2D eigenvalue weighted by atomic mass is 16.5. The monoisotopic (exact) mass is 306 g/mol. The molecule has 122 valence electrons. The van der Waals surface area contributed by atoms with Gasteiger partial charge in [0.2, 0.25) is 11.8 Å². The molecule has 2 amide bonds. The van der Waals surface area contributed by atoms with E-state index in [4.69, 9.17) is 4.74 Å². The lowest BCUT2D eigenvalue weighted by atomic mass is 9.90. The smallest absolute Gasteiger partial charge is 0.237 e. The van der Waals surface area contributed by atoms with E-state index in [9.17, 15) is 9.59 Å². The number of ether oxygens (including phenoxy) is 1. The van der Waals surface area contributed by atoms with E-state index in [1.807, 2.05) is 37.3 Å². The lowest BCUT2D eigenvalue weighted by molar-refractivity contribution is -0.149. The number of nitrogens with zero attached hydrogens (tertiary/aromatic N) is 1. The zero-order valence-electron chi connectivity index (χ0n) is 13.9. The highest BCUT2D eigenvalue weighted by Crippen LogP contribution is 2.20. The Morgan fingerprint density at radius 1 is 1.23 bits per heavy atom. The number of carbonyl (C=O) groups is 2. The van der Waals surface area contributed by atoms with Crippen molar-refractivity contribution >= 4 is 11.8 Å². The zero-order chi connectivity index (χ0) is 16.6. The molecule has 1 N–H and O–H groups in total. The molecule has 5 heteroatoms. The van der Waals surface area contributed by atoms with E-state index < -0.39 is 5.41 Å². The molecule has 5 nitrogen and oxygen atoms in total. The average molecular weight is 306 g/mol. The maximum Gasteiger partial charge on any atom is 0.237 e. The van der Waals surface area contributed by atoms with Crippen LogP contribution in [0.4, 0.5) is 0 Å². The number of hydrogen-bond donors (Lipinski definition) is 1. The highest BCUT2D eigenvalue weighted by molar-refractivity contribution is 6.04. The molecule has 0 saturated carbocycles. The third kappa shape index (κ3) is 4.84. The fourth-order valence-electron chi connectivity index (χ4n) is 2.11. The zero-order valence-corrected chi connectivity index (χ0v) is 13.9. The Kier molecular flexibility index (Phi) is 7.05. The summed E-state index contributed by atoms with van der Waals surface area (Å²) in [5, 5.41) is 2.74. The molecule has 0 spiro atoms. The normalized spacial score (nSPS) is 11.1. The summed E-state index contributed by atoms with van der Waals surface area (Å²) in [6, 6.07) is 9.77. The van der Waals surface area contributed by atoms with Crippen LogP contribution in [0.15, 0.2) is 30.3 Å². The van der Waals surface area contributed by atoms with Gasteiger partial charge in [0.05, 0.1) is 6.61 Å². The molecule has 0 aliphatic carbocycles. The molecule has 1 aromatic rings. The quantitative estimate of drug-likeness (QED) is 0.589. The molecule has 0 unspecified atom stereocenters. The summed E-state index contributed by atoms with van der Waals surface area (Å²) < 4.78 is 4.90. The summed E-state index contributed by atoms with van der Waals surface area (Å²) in [5.74, 6) is -0.449.